The van der Waals surface area contributed by atoms with Crippen molar-refractivity contribution in [3.63, 3.8) is 0 Å². The summed E-state index contributed by atoms with van der Waals surface area (Å²) in [7, 11) is 0. The molecule has 0 atom stereocenters. The zero-order valence-corrected chi connectivity index (χ0v) is 11.7. The standard InChI is InChI=1S/C14H12ClN3O3/c15-13-9-12(18(20)21)4-5-14(13)17(10-19)8-6-11-3-1-2-7-16-11/h1-5,7,9-10H,6,8H2. The van der Waals surface area contributed by atoms with Crippen molar-refractivity contribution in [2.75, 3.05) is 11.4 Å². The predicted octanol–water partition coefficient (Wildman–Crippen LogP) is 2.85. The maximum atomic E-state index is 11.2. The molecule has 0 unspecified atom stereocenters. The molecule has 0 saturated heterocycles. The number of hydrogen-bond donors (Lipinski definition) is 0. The van der Waals surface area contributed by atoms with Gasteiger partial charge in [0.2, 0.25) is 6.41 Å². The molecule has 0 spiro atoms. The van der Waals surface area contributed by atoms with E-state index in [1.807, 2.05) is 18.2 Å². The van der Waals surface area contributed by atoms with Gasteiger partial charge in [-0.25, -0.2) is 0 Å². The maximum Gasteiger partial charge on any atom is 0.271 e. The van der Waals surface area contributed by atoms with Crippen molar-refractivity contribution in [1.29, 1.82) is 0 Å². The normalized spacial score (nSPS) is 10.1. The van der Waals surface area contributed by atoms with Gasteiger partial charge >= 0.3 is 0 Å². The summed E-state index contributed by atoms with van der Waals surface area (Å²) in [4.78, 5) is 26.9. The minimum atomic E-state index is -0.533. The van der Waals surface area contributed by atoms with Gasteiger partial charge in [-0.3, -0.25) is 19.9 Å². The molecule has 0 aliphatic rings. The van der Waals surface area contributed by atoms with Crippen molar-refractivity contribution >= 4 is 29.4 Å². The molecule has 6 nitrogen and oxygen atoms in total. The number of rotatable bonds is 6. The van der Waals surface area contributed by atoms with Crippen LogP contribution in [-0.4, -0.2) is 22.9 Å². The van der Waals surface area contributed by atoms with E-state index in [-0.39, 0.29) is 10.7 Å². The number of non-ortho nitro benzene ring substituents is 1. The highest BCUT2D eigenvalue weighted by Gasteiger charge is 2.14. The van der Waals surface area contributed by atoms with Crippen molar-refractivity contribution in [2.24, 2.45) is 0 Å². The highest BCUT2D eigenvalue weighted by Crippen LogP contribution is 2.29. The number of pyridine rings is 1. The first kappa shape index (κ1) is 14.9. The van der Waals surface area contributed by atoms with Crippen LogP contribution in [0.4, 0.5) is 11.4 Å². The zero-order valence-electron chi connectivity index (χ0n) is 11.0. The van der Waals surface area contributed by atoms with E-state index in [4.69, 9.17) is 11.6 Å². The average Bonchev–Trinajstić information content (AvgIpc) is 2.50. The number of nitro benzene ring substituents is 1. The Kier molecular flexibility index (Phi) is 4.84. The molecule has 2 rings (SSSR count). The average molecular weight is 306 g/mol. The van der Waals surface area contributed by atoms with Gasteiger partial charge in [-0.1, -0.05) is 17.7 Å². The molecule has 1 aromatic carbocycles. The third-order valence-corrected chi connectivity index (χ3v) is 3.22. The highest BCUT2D eigenvalue weighted by atomic mass is 35.5. The Morgan fingerprint density at radius 3 is 2.71 bits per heavy atom. The van der Waals surface area contributed by atoms with Crippen LogP contribution in [-0.2, 0) is 11.2 Å². The second-order valence-corrected chi connectivity index (χ2v) is 4.67. The van der Waals surface area contributed by atoms with Crippen molar-refractivity contribution in [2.45, 2.75) is 6.42 Å². The Hall–Kier alpha value is -2.47. The molecule has 0 aliphatic heterocycles. The van der Waals surface area contributed by atoms with Gasteiger partial charge in [0.25, 0.3) is 5.69 Å². The molecule has 0 N–H and O–H groups in total. The van der Waals surface area contributed by atoms with Crippen LogP contribution in [0.25, 0.3) is 0 Å². The lowest BCUT2D eigenvalue weighted by Gasteiger charge is -2.18. The highest BCUT2D eigenvalue weighted by molar-refractivity contribution is 6.33. The Morgan fingerprint density at radius 2 is 2.14 bits per heavy atom. The van der Waals surface area contributed by atoms with Crippen LogP contribution in [0.3, 0.4) is 0 Å². The first-order chi connectivity index (χ1) is 10.1. The van der Waals surface area contributed by atoms with Crippen LogP contribution in [0.1, 0.15) is 5.69 Å². The summed E-state index contributed by atoms with van der Waals surface area (Å²) < 4.78 is 0. The molecule has 0 aliphatic carbocycles. The molecule has 1 aromatic heterocycles. The van der Waals surface area contributed by atoms with Crippen LogP contribution >= 0.6 is 11.6 Å². The number of aromatic nitrogens is 1. The summed E-state index contributed by atoms with van der Waals surface area (Å²) in [5.41, 5.74) is 1.18. The third-order valence-electron chi connectivity index (χ3n) is 2.91. The Bertz CT molecular complexity index is 649. The Labute approximate surface area is 126 Å². The smallest absolute Gasteiger partial charge is 0.271 e. The first-order valence-corrected chi connectivity index (χ1v) is 6.55. The van der Waals surface area contributed by atoms with Crippen molar-refractivity contribution < 1.29 is 9.72 Å². The fourth-order valence-corrected chi connectivity index (χ4v) is 2.14. The summed E-state index contributed by atoms with van der Waals surface area (Å²) in [6.45, 7) is 0.387. The van der Waals surface area contributed by atoms with Crippen molar-refractivity contribution in [1.82, 2.24) is 4.98 Å². The van der Waals surface area contributed by atoms with Gasteiger partial charge in [0.15, 0.2) is 0 Å². The van der Waals surface area contributed by atoms with E-state index in [1.165, 1.54) is 23.1 Å². The van der Waals surface area contributed by atoms with Gasteiger partial charge in [0.1, 0.15) is 0 Å². The van der Waals surface area contributed by atoms with E-state index in [1.54, 1.807) is 6.20 Å². The van der Waals surface area contributed by atoms with Gasteiger partial charge in [0, 0.05) is 37.0 Å². The van der Waals surface area contributed by atoms with Crippen LogP contribution < -0.4 is 4.90 Å². The van der Waals surface area contributed by atoms with Crippen LogP contribution in [0, 0.1) is 10.1 Å². The van der Waals surface area contributed by atoms with Gasteiger partial charge in [0.05, 0.1) is 15.6 Å². The summed E-state index contributed by atoms with van der Waals surface area (Å²) in [5.74, 6) is 0. The fraction of sp³-hybridized carbons (Fsp3) is 0.143. The summed E-state index contributed by atoms with van der Waals surface area (Å²) in [6.07, 6.45) is 2.89. The number of amides is 1. The monoisotopic (exact) mass is 305 g/mol. The van der Waals surface area contributed by atoms with Crippen LogP contribution in [0.15, 0.2) is 42.6 Å². The number of carbonyl (C=O) groups is 1. The summed E-state index contributed by atoms with van der Waals surface area (Å²) in [6, 6.07) is 9.56. The molecular weight excluding hydrogens is 294 g/mol. The number of nitrogens with zero attached hydrogens (tertiary/aromatic N) is 3. The minimum Gasteiger partial charge on any atom is -0.313 e. The lowest BCUT2D eigenvalue weighted by molar-refractivity contribution is -0.384. The molecular formula is C14H12ClN3O3. The van der Waals surface area contributed by atoms with Gasteiger partial charge < -0.3 is 4.90 Å². The molecule has 1 heterocycles. The van der Waals surface area contributed by atoms with E-state index >= 15 is 0 Å². The number of nitro groups is 1. The number of carbonyl (C=O) groups excluding carboxylic acids is 1. The van der Waals surface area contributed by atoms with Crippen LogP contribution in [0.5, 0.6) is 0 Å². The van der Waals surface area contributed by atoms with Crippen LogP contribution in [0.2, 0.25) is 5.02 Å². The number of halogens is 1. The van der Waals surface area contributed by atoms with Crippen molar-refractivity contribution in [3.8, 4) is 0 Å². The Morgan fingerprint density at radius 1 is 1.33 bits per heavy atom. The molecule has 0 bridgehead atoms. The van der Waals surface area contributed by atoms with E-state index in [9.17, 15) is 14.9 Å². The molecule has 2 aromatic rings. The third kappa shape index (κ3) is 3.76. The maximum absolute atomic E-state index is 11.2. The van der Waals surface area contributed by atoms with Gasteiger partial charge in [-0.05, 0) is 18.2 Å². The second-order valence-electron chi connectivity index (χ2n) is 4.26. The number of hydrogen-bond acceptors (Lipinski definition) is 4. The molecule has 1 amide bonds. The largest absolute Gasteiger partial charge is 0.313 e. The fourth-order valence-electron chi connectivity index (χ4n) is 1.85. The lowest BCUT2D eigenvalue weighted by atomic mass is 10.2. The number of anilines is 1. The first-order valence-electron chi connectivity index (χ1n) is 6.17. The predicted molar refractivity (Wildman–Crippen MR) is 79.5 cm³/mol. The quantitative estimate of drug-likeness (QED) is 0.467. The molecule has 0 radical (unpaired) electrons. The zero-order chi connectivity index (χ0) is 15.2. The number of benzene rings is 1. The summed E-state index contributed by atoms with van der Waals surface area (Å²) in [5, 5.41) is 10.8. The molecule has 21 heavy (non-hydrogen) atoms. The topological polar surface area (TPSA) is 76.3 Å². The second kappa shape index (κ2) is 6.81. The Balaban J connectivity index is 2.14. The molecule has 0 fully saturated rings. The molecule has 0 saturated carbocycles. The van der Waals surface area contributed by atoms with E-state index in [0.717, 1.165) is 5.69 Å². The van der Waals surface area contributed by atoms with E-state index < -0.39 is 4.92 Å². The molecule has 108 valence electrons. The van der Waals surface area contributed by atoms with E-state index in [0.29, 0.717) is 25.1 Å². The van der Waals surface area contributed by atoms with Gasteiger partial charge in [-0.15, -0.1) is 0 Å². The van der Waals surface area contributed by atoms with Crippen molar-refractivity contribution in [3.05, 3.63) is 63.4 Å². The lowest BCUT2D eigenvalue weighted by Crippen LogP contribution is -2.24. The van der Waals surface area contributed by atoms with Gasteiger partial charge in [-0.2, -0.15) is 0 Å². The molecule has 7 heteroatoms. The van der Waals surface area contributed by atoms with E-state index in [2.05, 4.69) is 4.98 Å². The SMILES string of the molecule is O=CN(CCc1ccccn1)c1ccc([N+](=O)[O-])cc1Cl. The summed E-state index contributed by atoms with van der Waals surface area (Å²) >= 11 is 6.01. The minimum absolute atomic E-state index is 0.112.